The molecule has 0 aromatic carbocycles. The van der Waals surface area contributed by atoms with Crippen molar-refractivity contribution in [2.75, 3.05) is 26.2 Å². The molecule has 1 rings (SSSR count). The molecule has 0 radical (unpaired) electrons. The lowest BCUT2D eigenvalue weighted by molar-refractivity contribution is -0.127. The van der Waals surface area contributed by atoms with Crippen LogP contribution in [0.4, 0.5) is 18.0 Å². The van der Waals surface area contributed by atoms with E-state index in [0.717, 1.165) is 6.42 Å². The Balaban J connectivity index is 2.54. The van der Waals surface area contributed by atoms with E-state index in [1.807, 2.05) is 6.92 Å². The fourth-order valence-electron chi connectivity index (χ4n) is 2.27. The Hall–Kier alpha value is -0.980. The van der Waals surface area contributed by atoms with Gasteiger partial charge >= 0.3 is 12.3 Å². The molecule has 1 heterocycles. The van der Waals surface area contributed by atoms with Crippen molar-refractivity contribution in [3.05, 3.63) is 0 Å². The molecule has 1 fully saturated rings. The molecule has 2 unspecified atom stereocenters. The Bertz CT molecular complexity index is 297. The van der Waals surface area contributed by atoms with Gasteiger partial charge in [-0.05, 0) is 19.3 Å². The first-order valence-electron chi connectivity index (χ1n) is 6.57. The van der Waals surface area contributed by atoms with Gasteiger partial charge in [-0.3, -0.25) is 0 Å². The first-order valence-corrected chi connectivity index (χ1v) is 6.57. The number of amides is 1. The van der Waals surface area contributed by atoms with Crippen LogP contribution in [-0.4, -0.2) is 49.5 Å². The van der Waals surface area contributed by atoms with Crippen molar-refractivity contribution < 1.29 is 22.7 Å². The maximum Gasteiger partial charge on any atom is 0.409 e. The van der Waals surface area contributed by atoms with Crippen LogP contribution in [0.5, 0.6) is 0 Å². The van der Waals surface area contributed by atoms with Crippen LogP contribution in [0.3, 0.4) is 0 Å². The fourth-order valence-corrected chi connectivity index (χ4v) is 2.27. The van der Waals surface area contributed by atoms with E-state index in [9.17, 15) is 18.0 Å². The van der Waals surface area contributed by atoms with Crippen LogP contribution in [-0.2, 0) is 4.74 Å². The van der Waals surface area contributed by atoms with Crippen LogP contribution >= 0.6 is 0 Å². The second-order valence-electron chi connectivity index (χ2n) is 4.81. The third-order valence-electron chi connectivity index (χ3n) is 3.23. The smallest absolute Gasteiger partial charge is 0.409 e. The van der Waals surface area contributed by atoms with E-state index in [2.05, 4.69) is 5.32 Å². The molecule has 1 aliphatic heterocycles. The molecule has 0 saturated carbocycles. The maximum atomic E-state index is 12.2. The van der Waals surface area contributed by atoms with Crippen LogP contribution < -0.4 is 5.32 Å². The largest absolute Gasteiger partial charge is 0.450 e. The number of carbonyl (C=O) groups excluding carboxylic acids is 1. The van der Waals surface area contributed by atoms with Gasteiger partial charge in [0.2, 0.25) is 0 Å². The van der Waals surface area contributed by atoms with Crippen molar-refractivity contribution in [1.29, 1.82) is 0 Å². The molecule has 0 spiro atoms. The number of hydrogen-bond acceptors (Lipinski definition) is 3. The SMILES string of the molecule is CCOC(=O)N1CC(CC)CC(NCC(F)(F)F)C1. The molecule has 0 aliphatic carbocycles. The minimum absolute atomic E-state index is 0.212. The number of nitrogens with one attached hydrogen (secondary N) is 1. The number of carbonyl (C=O) groups is 1. The number of alkyl halides is 3. The average Bonchev–Trinajstić information content (AvgIpc) is 2.35. The lowest BCUT2D eigenvalue weighted by Gasteiger charge is -2.37. The van der Waals surface area contributed by atoms with Gasteiger partial charge in [0, 0.05) is 19.1 Å². The van der Waals surface area contributed by atoms with Crippen molar-refractivity contribution in [1.82, 2.24) is 10.2 Å². The van der Waals surface area contributed by atoms with Gasteiger partial charge in [-0.1, -0.05) is 13.3 Å². The highest BCUT2D eigenvalue weighted by molar-refractivity contribution is 5.67. The molecule has 1 N–H and O–H groups in total. The summed E-state index contributed by atoms with van der Waals surface area (Å²) >= 11 is 0. The van der Waals surface area contributed by atoms with Gasteiger partial charge < -0.3 is 15.0 Å². The summed E-state index contributed by atoms with van der Waals surface area (Å²) in [7, 11) is 0. The van der Waals surface area contributed by atoms with Crippen LogP contribution in [0, 0.1) is 5.92 Å². The van der Waals surface area contributed by atoms with E-state index in [0.29, 0.717) is 13.0 Å². The fraction of sp³-hybridized carbons (Fsp3) is 0.917. The average molecular weight is 282 g/mol. The summed E-state index contributed by atoms with van der Waals surface area (Å²) in [5.41, 5.74) is 0. The molecule has 1 aliphatic rings. The number of likely N-dealkylation sites (tertiary alicyclic amines) is 1. The highest BCUT2D eigenvalue weighted by Crippen LogP contribution is 2.21. The Morgan fingerprint density at radius 1 is 1.37 bits per heavy atom. The monoisotopic (exact) mass is 282 g/mol. The molecular weight excluding hydrogens is 261 g/mol. The third-order valence-corrected chi connectivity index (χ3v) is 3.23. The summed E-state index contributed by atoms with van der Waals surface area (Å²) < 4.78 is 41.5. The second-order valence-corrected chi connectivity index (χ2v) is 4.81. The topological polar surface area (TPSA) is 41.6 Å². The molecule has 0 aromatic heterocycles. The summed E-state index contributed by atoms with van der Waals surface area (Å²) in [5.74, 6) is 0.212. The van der Waals surface area contributed by atoms with Gasteiger partial charge in [0.05, 0.1) is 13.2 Å². The van der Waals surface area contributed by atoms with Crippen LogP contribution in [0.25, 0.3) is 0 Å². The highest BCUT2D eigenvalue weighted by Gasteiger charge is 2.33. The molecular formula is C12H21F3N2O2. The third kappa shape index (κ3) is 5.67. The quantitative estimate of drug-likeness (QED) is 0.861. The first kappa shape index (κ1) is 16.1. The Morgan fingerprint density at radius 3 is 2.58 bits per heavy atom. The highest BCUT2D eigenvalue weighted by atomic mass is 19.4. The molecule has 1 saturated heterocycles. The van der Waals surface area contributed by atoms with Gasteiger partial charge in [-0.25, -0.2) is 4.79 Å². The molecule has 19 heavy (non-hydrogen) atoms. The molecule has 7 heteroatoms. The number of ether oxygens (including phenoxy) is 1. The number of piperidine rings is 1. The van der Waals surface area contributed by atoms with Gasteiger partial charge in [-0.15, -0.1) is 0 Å². The molecule has 0 bridgehead atoms. The Kier molecular flexibility index (Phi) is 5.90. The van der Waals surface area contributed by atoms with E-state index < -0.39 is 18.8 Å². The van der Waals surface area contributed by atoms with E-state index in [-0.39, 0.29) is 25.1 Å². The first-order chi connectivity index (χ1) is 8.85. The molecule has 112 valence electrons. The van der Waals surface area contributed by atoms with Crippen molar-refractivity contribution in [2.24, 2.45) is 5.92 Å². The minimum Gasteiger partial charge on any atom is -0.450 e. The number of rotatable bonds is 4. The Morgan fingerprint density at radius 2 is 2.05 bits per heavy atom. The van der Waals surface area contributed by atoms with Crippen molar-refractivity contribution in [3.8, 4) is 0 Å². The zero-order valence-electron chi connectivity index (χ0n) is 11.3. The molecule has 2 atom stereocenters. The van der Waals surface area contributed by atoms with Crippen molar-refractivity contribution >= 4 is 6.09 Å². The van der Waals surface area contributed by atoms with Crippen molar-refractivity contribution in [2.45, 2.75) is 38.9 Å². The van der Waals surface area contributed by atoms with Crippen LogP contribution in [0.1, 0.15) is 26.7 Å². The summed E-state index contributed by atoms with van der Waals surface area (Å²) in [4.78, 5) is 13.2. The lowest BCUT2D eigenvalue weighted by atomic mass is 9.92. The van der Waals surface area contributed by atoms with E-state index in [1.165, 1.54) is 4.90 Å². The van der Waals surface area contributed by atoms with Crippen LogP contribution in [0.15, 0.2) is 0 Å². The van der Waals surface area contributed by atoms with Gasteiger partial charge in [0.25, 0.3) is 0 Å². The molecule has 1 amide bonds. The van der Waals surface area contributed by atoms with Gasteiger partial charge in [-0.2, -0.15) is 13.2 Å². The molecule has 4 nitrogen and oxygen atoms in total. The van der Waals surface area contributed by atoms with Crippen molar-refractivity contribution in [3.63, 3.8) is 0 Å². The summed E-state index contributed by atoms with van der Waals surface area (Å²) in [6.45, 7) is 3.75. The zero-order valence-corrected chi connectivity index (χ0v) is 11.3. The predicted octanol–water partition coefficient (Wildman–Crippen LogP) is 2.40. The second kappa shape index (κ2) is 6.98. The van der Waals surface area contributed by atoms with Crippen LogP contribution in [0.2, 0.25) is 0 Å². The van der Waals surface area contributed by atoms with E-state index in [4.69, 9.17) is 4.74 Å². The summed E-state index contributed by atoms with van der Waals surface area (Å²) in [6.07, 6.45) is -3.18. The number of nitrogens with zero attached hydrogens (tertiary/aromatic N) is 1. The van der Waals surface area contributed by atoms with E-state index >= 15 is 0 Å². The maximum absolute atomic E-state index is 12.2. The normalized spacial score (nSPS) is 24.4. The van der Waals surface area contributed by atoms with Gasteiger partial charge in [0.15, 0.2) is 0 Å². The summed E-state index contributed by atoms with van der Waals surface area (Å²) in [5, 5.41) is 2.48. The minimum atomic E-state index is -4.23. The molecule has 0 aromatic rings. The summed E-state index contributed by atoms with van der Waals surface area (Å²) in [6, 6.07) is -0.329. The standard InChI is InChI=1S/C12H21F3N2O2/c1-3-9-5-10(16-8-12(13,14)15)7-17(6-9)11(18)19-4-2/h9-10,16H,3-8H2,1-2H3. The number of halogens is 3. The number of hydrogen-bond donors (Lipinski definition) is 1. The predicted molar refractivity (Wildman–Crippen MR) is 64.8 cm³/mol. The lowest BCUT2D eigenvalue weighted by Crippen LogP contribution is -2.52. The zero-order chi connectivity index (χ0) is 14.5. The van der Waals surface area contributed by atoms with E-state index in [1.54, 1.807) is 6.92 Å². The Labute approximate surface area is 111 Å². The van der Waals surface area contributed by atoms with Gasteiger partial charge in [0.1, 0.15) is 0 Å².